The predicted octanol–water partition coefficient (Wildman–Crippen LogP) is 2.38. The van der Waals surface area contributed by atoms with E-state index < -0.39 is 5.41 Å². The van der Waals surface area contributed by atoms with E-state index in [1.165, 1.54) is 6.92 Å². The zero-order valence-corrected chi connectivity index (χ0v) is 15.9. The second kappa shape index (κ2) is 8.17. The SMILES string of the molecule is CC(=O)Nc1ccc(/C=C/C(=O)N2CCN(C(=O)C(C)(C)C)CC2)cc1. The van der Waals surface area contributed by atoms with E-state index in [9.17, 15) is 14.4 Å². The fourth-order valence-corrected chi connectivity index (χ4v) is 2.76. The molecule has 1 aromatic rings. The topological polar surface area (TPSA) is 69.7 Å². The Hall–Kier alpha value is -2.63. The van der Waals surface area contributed by atoms with Crippen molar-refractivity contribution >= 4 is 29.5 Å². The number of hydrogen-bond donors (Lipinski definition) is 1. The Morgan fingerprint density at radius 2 is 1.50 bits per heavy atom. The van der Waals surface area contributed by atoms with Gasteiger partial charge in [-0.3, -0.25) is 14.4 Å². The quantitative estimate of drug-likeness (QED) is 0.845. The summed E-state index contributed by atoms with van der Waals surface area (Å²) in [5, 5.41) is 2.70. The molecule has 0 radical (unpaired) electrons. The zero-order valence-electron chi connectivity index (χ0n) is 15.9. The second-order valence-corrected chi connectivity index (χ2v) is 7.50. The maximum Gasteiger partial charge on any atom is 0.246 e. The van der Waals surface area contributed by atoms with Crippen molar-refractivity contribution in [3.63, 3.8) is 0 Å². The molecule has 1 saturated heterocycles. The number of hydrogen-bond acceptors (Lipinski definition) is 3. The molecule has 0 aromatic heterocycles. The highest BCUT2D eigenvalue weighted by atomic mass is 16.2. The van der Waals surface area contributed by atoms with Gasteiger partial charge < -0.3 is 15.1 Å². The van der Waals surface area contributed by atoms with Gasteiger partial charge in [0, 0.05) is 50.3 Å². The Morgan fingerprint density at radius 1 is 0.962 bits per heavy atom. The van der Waals surface area contributed by atoms with Gasteiger partial charge in [0.15, 0.2) is 0 Å². The molecule has 0 aliphatic carbocycles. The van der Waals surface area contributed by atoms with Crippen molar-refractivity contribution in [2.45, 2.75) is 27.7 Å². The Kier molecular flexibility index (Phi) is 6.18. The fourth-order valence-electron chi connectivity index (χ4n) is 2.76. The molecule has 6 nitrogen and oxygen atoms in total. The molecule has 3 amide bonds. The molecule has 2 rings (SSSR count). The number of benzene rings is 1. The maximum atomic E-state index is 12.3. The van der Waals surface area contributed by atoms with Gasteiger partial charge >= 0.3 is 0 Å². The first kappa shape index (κ1) is 19.7. The lowest BCUT2D eigenvalue weighted by molar-refractivity contribution is -0.143. The van der Waals surface area contributed by atoms with E-state index in [1.54, 1.807) is 29.2 Å². The molecule has 0 saturated carbocycles. The molecule has 0 atom stereocenters. The Bertz CT molecular complexity index is 694. The second-order valence-electron chi connectivity index (χ2n) is 7.50. The van der Waals surface area contributed by atoms with Crippen LogP contribution in [0.15, 0.2) is 30.3 Å². The molecular formula is C20H27N3O3. The van der Waals surface area contributed by atoms with Gasteiger partial charge in [-0.15, -0.1) is 0 Å². The lowest BCUT2D eigenvalue weighted by Gasteiger charge is -2.37. The van der Waals surface area contributed by atoms with Gasteiger partial charge in [0.2, 0.25) is 17.7 Å². The van der Waals surface area contributed by atoms with Crippen molar-refractivity contribution < 1.29 is 14.4 Å². The standard InChI is InChI=1S/C20H27N3O3/c1-15(24)21-17-8-5-16(6-9-17)7-10-18(25)22-11-13-23(14-12-22)19(26)20(2,3)4/h5-10H,11-14H2,1-4H3,(H,21,24)/b10-7+. The Morgan fingerprint density at radius 3 is 2.00 bits per heavy atom. The van der Waals surface area contributed by atoms with Crippen molar-refractivity contribution in [1.29, 1.82) is 0 Å². The van der Waals surface area contributed by atoms with Crippen LogP contribution in [0.4, 0.5) is 5.69 Å². The number of nitrogens with one attached hydrogen (secondary N) is 1. The van der Waals surface area contributed by atoms with Crippen molar-refractivity contribution in [2.75, 3.05) is 31.5 Å². The fraction of sp³-hybridized carbons (Fsp3) is 0.450. The first-order valence-electron chi connectivity index (χ1n) is 8.81. The largest absolute Gasteiger partial charge is 0.339 e. The summed E-state index contributed by atoms with van der Waals surface area (Å²) >= 11 is 0. The first-order valence-corrected chi connectivity index (χ1v) is 8.81. The summed E-state index contributed by atoms with van der Waals surface area (Å²) in [4.78, 5) is 39.2. The molecule has 0 bridgehead atoms. The number of anilines is 1. The van der Waals surface area contributed by atoms with Gasteiger partial charge in [-0.25, -0.2) is 0 Å². The van der Waals surface area contributed by atoms with E-state index in [4.69, 9.17) is 0 Å². The maximum absolute atomic E-state index is 12.3. The molecule has 1 N–H and O–H groups in total. The van der Waals surface area contributed by atoms with Gasteiger partial charge in [-0.05, 0) is 23.8 Å². The molecule has 26 heavy (non-hydrogen) atoms. The van der Waals surface area contributed by atoms with Crippen LogP contribution in [-0.2, 0) is 14.4 Å². The number of carbonyl (C=O) groups is 3. The molecule has 140 valence electrons. The van der Waals surface area contributed by atoms with Crippen molar-refractivity contribution in [3.05, 3.63) is 35.9 Å². The summed E-state index contributed by atoms with van der Waals surface area (Å²) in [7, 11) is 0. The van der Waals surface area contributed by atoms with Crippen LogP contribution < -0.4 is 5.32 Å². The van der Waals surface area contributed by atoms with Crippen LogP contribution in [0, 0.1) is 5.41 Å². The summed E-state index contributed by atoms with van der Waals surface area (Å²) < 4.78 is 0. The molecular weight excluding hydrogens is 330 g/mol. The summed E-state index contributed by atoms with van der Waals surface area (Å²) in [6, 6.07) is 7.27. The van der Waals surface area contributed by atoms with Crippen molar-refractivity contribution in [3.8, 4) is 0 Å². The highest BCUT2D eigenvalue weighted by Crippen LogP contribution is 2.19. The van der Waals surface area contributed by atoms with E-state index in [-0.39, 0.29) is 17.7 Å². The van der Waals surface area contributed by atoms with Gasteiger partial charge in [-0.1, -0.05) is 32.9 Å². The molecule has 1 heterocycles. The third-order valence-corrected chi connectivity index (χ3v) is 4.17. The van der Waals surface area contributed by atoms with E-state index >= 15 is 0 Å². The van der Waals surface area contributed by atoms with Gasteiger partial charge in [0.05, 0.1) is 0 Å². The predicted molar refractivity (Wildman–Crippen MR) is 102 cm³/mol. The van der Waals surface area contributed by atoms with Crippen LogP contribution in [-0.4, -0.2) is 53.7 Å². The van der Waals surface area contributed by atoms with Gasteiger partial charge in [0.25, 0.3) is 0 Å². The number of carbonyl (C=O) groups excluding carboxylic acids is 3. The lowest BCUT2D eigenvalue weighted by Crippen LogP contribution is -2.52. The van der Waals surface area contributed by atoms with E-state index in [0.717, 1.165) is 11.3 Å². The Balaban J connectivity index is 1.88. The average molecular weight is 357 g/mol. The normalized spacial score (nSPS) is 15.2. The van der Waals surface area contributed by atoms with Gasteiger partial charge in [0.1, 0.15) is 0 Å². The molecule has 0 spiro atoms. The summed E-state index contributed by atoms with van der Waals surface area (Å²) in [5.74, 6) is -0.0502. The molecule has 1 aromatic carbocycles. The van der Waals surface area contributed by atoms with E-state index in [2.05, 4.69) is 5.32 Å². The monoisotopic (exact) mass is 357 g/mol. The minimum atomic E-state index is -0.393. The molecule has 1 aliphatic rings. The highest BCUT2D eigenvalue weighted by molar-refractivity contribution is 5.92. The third-order valence-electron chi connectivity index (χ3n) is 4.17. The van der Waals surface area contributed by atoms with Crippen LogP contribution in [0.25, 0.3) is 6.08 Å². The zero-order chi connectivity index (χ0) is 19.3. The molecule has 1 fully saturated rings. The summed E-state index contributed by atoms with van der Waals surface area (Å²) in [5.41, 5.74) is 1.21. The number of nitrogens with zero attached hydrogens (tertiary/aromatic N) is 2. The number of amides is 3. The van der Waals surface area contributed by atoms with Crippen LogP contribution >= 0.6 is 0 Å². The number of piperazine rings is 1. The van der Waals surface area contributed by atoms with Crippen LogP contribution in [0.5, 0.6) is 0 Å². The minimum Gasteiger partial charge on any atom is -0.339 e. The highest BCUT2D eigenvalue weighted by Gasteiger charge is 2.30. The summed E-state index contributed by atoms with van der Waals surface area (Å²) in [6.07, 6.45) is 3.31. The smallest absolute Gasteiger partial charge is 0.246 e. The Labute approximate surface area is 154 Å². The third kappa shape index (κ3) is 5.44. The summed E-state index contributed by atoms with van der Waals surface area (Å²) in [6.45, 7) is 9.43. The van der Waals surface area contributed by atoms with Gasteiger partial charge in [-0.2, -0.15) is 0 Å². The molecule has 0 unspecified atom stereocenters. The minimum absolute atomic E-state index is 0.0567. The average Bonchev–Trinajstić information content (AvgIpc) is 2.59. The van der Waals surface area contributed by atoms with Crippen molar-refractivity contribution in [2.24, 2.45) is 5.41 Å². The van der Waals surface area contributed by atoms with E-state index in [0.29, 0.717) is 26.2 Å². The molecule has 6 heteroatoms. The van der Waals surface area contributed by atoms with Crippen molar-refractivity contribution in [1.82, 2.24) is 9.80 Å². The first-order chi connectivity index (χ1) is 12.2. The van der Waals surface area contributed by atoms with Crippen LogP contribution in [0.3, 0.4) is 0 Å². The van der Waals surface area contributed by atoms with Crippen LogP contribution in [0.1, 0.15) is 33.3 Å². The van der Waals surface area contributed by atoms with Crippen LogP contribution in [0.2, 0.25) is 0 Å². The molecule has 1 aliphatic heterocycles. The van der Waals surface area contributed by atoms with E-state index in [1.807, 2.05) is 37.8 Å². The lowest BCUT2D eigenvalue weighted by atomic mass is 9.94. The number of rotatable bonds is 3.